The Labute approximate surface area is 106 Å². The average Bonchev–Trinajstić information content (AvgIpc) is 2.97. The molecule has 0 radical (unpaired) electrons. The van der Waals surface area contributed by atoms with Crippen molar-refractivity contribution in [2.24, 2.45) is 0 Å². The Morgan fingerprint density at radius 3 is 3.00 bits per heavy atom. The van der Waals surface area contributed by atoms with Crippen LogP contribution in [0.25, 0.3) is 0 Å². The molecule has 0 aliphatic heterocycles. The van der Waals surface area contributed by atoms with Gasteiger partial charge in [0.25, 0.3) is 0 Å². The Morgan fingerprint density at radius 1 is 1.47 bits per heavy atom. The van der Waals surface area contributed by atoms with E-state index < -0.39 is 0 Å². The first-order valence-electron chi connectivity index (χ1n) is 6.06. The van der Waals surface area contributed by atoms with Crippen LogP contribution >= 0.6 is 11.3 Å². The molecule has 4 heteroatoms. The highest BCUT2D eigenvalue weighted by Gasteiger charge is 2.14. The Morgan fingerprint density at radius 2 is 2.35 bits per heavy atom. The van der Waals surface area contributed by atoms with Crippen molar-refractivity contribution in [3.05, 3.63) is 40.3 Å². The molecular formula is C13H19N3S. The second-order valence-corrected chi connectivity index (χ2v) is 5.14. The molecule has 3 nitrogen and oxygen atoms in total. The van der Waals surface area contributed by atoms with Crippen molar-refractivity contribution in [2.45, 2.75) is 32.4 Å². The quantitative estimate of drug-likeness (QED) is 0.853. The number of likely N-dealkylation sites (N-methyl/N-ethyl adjacent to an activating group) is 1. The maximum Gasteiger partial charge on any atom is 0.0557 e. The molecule has 0 aliphatic carbocycles. The maximum atomic E-state index is 4.38. The summed E-state index contributed by atoms with van der Waals surface area (Å²) in [7, 11) is 2.02. The molecular weight excluding hydrogens is 230 g/mol. The number of aromatic nitrogens is 2. The molecule has 0 aromatic carbocycles. The van der Waals surface area contributed by atoms with E-state index in [1.807, 2.05) is 24.6 Å². The van der Waals surface area contributed by atoms with Crippen molar-refractivity contribution in [3.8, 4) is 0 Å². The van der Waals surface area contributed by atoms with Crippen LogP contribution in [0.15, 0.2) is 29.8 Å². The molecule has 2 heterocycles. The Kier molecular flexibility index (Phi) is 4.34. The maximum absolute atomic E-state index is 4.38. The van der Waals surface area contributed by atoms with Crippen LogP contribution in [-0.2, 0) is 13.0 Å². The first-order chi connectivity index (χ1) is 8.35. The van der Waals surface area contributed by atoms with Gasteiger partial charge in [0.15, 0.2) is 0 Å². The van der Waals surface area contributed by atoms with E-state index in [2.05, 4.69) is 45.6 Å². The van der Waals surface area contributed by atoms with Crippen LogP contribution in [0.4, 0.5) is 0 Å². The molecule has 1 unspecified atom stereocenters. The van der Waals surface area contributed by atoms with Crippen LogP contribution in [-0.4, -0.2) is 16.8 Å². The van der Waals surface area contributed by atoms with Crippen LogP contribution in [0.1, 0.15) is 30.0 Å². The minimum Gasteiger partial charge on any atom is -0.311 e. The standard InChI is InChI=1S/C13H19N3S/c1-3-8-16-13(6-7-15-16)12(14-2)10-11-5-4-9-17-11/h4-7,9,12,14H,3,8,10H2,1-2H3. The first-order valence-corrected chi connectivity index (χ1v) is 6.94. The molecule has 0 saturated heterocycles. The minimum absolute atomic E-state index is 0.350. The zero-order valence-corrected chi connectivity index (χ0v) is 11.2. The van der Waals surface area contributed by atoms with E-state index in [9.17, 15) is 0 Å². The Bertz CT molecular complexity index is 433. The van der Waals surface area contributed by atoms with Gasteiger partial charge < -0.3 is 5.32 Å². The summed E-state index contributed by atoms with van der Waals surface area (Å²) in [6.07, 6.45) is 4.04. The highest BCUT2D eigenvalue weighted by atomic mass is 32.1. The van der Waals surface area contributed by atoms with Crippen molar-refractivity contribution < 1.29 is 0 Å². The summed E-state index contributed by atoms with van der Waals surface area (Å²) < 4.78 is 2.11. The van der Waals surface area contributed by atoms with Gasteiger partial charge in [0, 0.05) is 24.0 Å². The van der Waals surface area contributed by atoms with E-state index in [0.29, 0.717) is 6.04 Å². The largest absolute Gasteiger partial charge is 0.311 e. The number of hydrogen-bond donors (Lipinski definition) is 1. The van der Waals surface area contributed by atoms with Gasteiger partial charge in [-0.25, -0.2) is 0 Å². The molecule has 0 aliphatic rings. The first kappa shape index (κ1) is 12.3. The zero-order valence-electron chi connectivity index (χ0n) is 10.4. The summed E-state index contributed by atoms with van der Waals surface area (Å²) >= 11 is 1.81. The van der Waals surface area contributed by atoms with Gasteiger partial charge in [0.05, 0.1) is 11.7 Å². The van der Waals surface area contributed by atoms with Gasteiger partial charge in [-0.05, 0) is 31.0 Å². The van der Waals surface area contributed by atoms with E-state index in [-0.39, 0.29) is 0 Å². The lowest BCUT2D eigenvalue weighted by molar-refractivity contribution is 0.498. The number of nitrogens with zero attached hydrogens (tertiary/aromatic N) is 2. The molecule has 0 bridgehead atoms. The molecule has 17 heavy (non-hydrogen) atoms. The number of thiophene rings is 1. The van der Waals surface area contributed by atoms with Gasteiger partial charge in [-0.2, -0.15) is 5.10 Å². The monoisotopic (exact) mass is 249 g/mol. The topological polar surface area (TPSA) is 29.9 Å². The van der Waals surface area contributed by atoms with Gasteiger partial charge in [0.2, 0.25) is 0 Å². The highest BCUT2D eigenvalue weighted by Crippen LogP contribution is 2.21. The highest BCUT2D eigenvalue weighted by molar-refractivity contribution is 7.09. The molecule has 0 amide bonds. The van der Waals surface area contributed by atoms with E-state index >= 15 is 0 Å². The fourth-order valence-corrected chi connectivity index (χ4v) is 2.77. The van der Waals surface area contributed by atoms with Crippen LogP contribution in [0.5, 0.6) is 0 Å². The zero-order chi connectivity index (χ0) is 12.1. The minimum atomic E-state index is 0.350. The van der Waals surface area contributed by atoms with Crippen molar-refractivity contribution in [1.82, 2.24) is 15.1 Å². The van der Waals surface area contributed by atoms with Gasteiger partial charge in [-0.1, -0.05) is 13.0 Å². The fraction of sp³-hybridized carbons (Fsp3) is 0.462. The fourth-order valence-electron chi connectivity index (χ4n) is 2.02. The average molecular weight is 249 g/mol. The van der Waals surface area contributed by atoms with Crippen LogP contribution in [0, 0.1) is 0 Å². The van der Waals surface area contributed by atoms with Crippen LogP contribution < -0.4 is 5.32 Å². The molecule has 2 aromatic heterocycles. The predicted octanol–water partition coefficient (Wildman–Crippen LogP) is 2.86. The van der Waals surface area contributed by atoms with Gasteiger partial charge in [-0.3, -0.25) is 4.68 Å². The molecule has 1 atom stereocenters. The number of nitrogens with one attached hydrogen (secondary N) is 1. The third-order valence-corrected chi connectivity index (χ3v) is 3.77. The normalized spacial score (nSPS) is 12.8. The molecule has 2 aromatic rings. The van der Waals surface area contributed by atoms with Gasteiger partial charge in [-0.15, -0.1) is 11.3 Å². The molecule has 0 spiro atoms. The van der Waals surface area contributed by atoms with Gasteiger partial charge in [0.1, 0.15) is 0 Å². The number of rotatable bonds is 6. The van der Waals surface area contributed by atoms with E-state index in [4.69, 9.17) is 0 Å². The third-order valence-electron chi connectivity index (χ3n) is 2.88. The second-order valence-electron chi connectivity index (χ2n) is 4.10. The van der Waals surface area contributed by atoms with E-state index in [1.165, 1.54) is 10.6 Å². The summed E-state index contributed by atoms with van der Waals surface area (Å²) in [5.74, 6) is 0. The molecule has 0 saturated carbocycles. The van der Waals surface area contributed by atoms with E-state index in [0.717, 1.165) is 19.4 Å². The lowest BCUT2D eigenvalue weighted by atomic mass is 10.1. The summed E-state index contributed by atoms with van der Waals surface area (Å²) in [4.78, 5) is 1.41. The lowest BCUT2D eigenvalue weighted by Gasteiger charge is -2.17. The number of aryl methyl sites for hydroxylation is 1. The summed E-state index contributed by atoms with van der Waals surface area (Å²) in [5.41, 5.74) is 1.28. The van der Waals surface area contributed by atoms with Gasteiger partial charge >= 0.3 is 0 Å². The Hall–Kier alpha value is -1.13. The smallest absolute Gasteiger partial charge is 0.0557 e. The molecule has 92 valence electrons. The molecule has 1 N–H and O–H groups in total. The SMILES string of the molecule is CCCn1nccc1C(Cc1cccs1)NC. The summed E-state index contributed by atoms with van der Waals surface area (Å²) in [6, 6.07) is 6.76. The lowest BCUT2D eigenvalue weighted by Crippen LogP contribution is -2.22. The van der Waals surface area contributed by atoms with Crippen LogP contribution in [0.2, 0.25) is 0 Å². The van der Waals surface area contributed by atoms with Crippen molar-refractivity contribution in [3.63, 3.8) is 0 Å². The summed E-state index contributed by atoms with van der Waals surface area (Å²) in [5, 5.41) is 9.90. The molecule has 0 fully saturated rings. The third kappa shape index (κ3) is 2.96. The molecule has 2 rings (SSSR count). The predicted molar refractivity (Wildman–Crippen MR) is 72.3 cm³/mol. The van der Waals surface area contributed by atoms with Crippen molar-refractivity contribution >= 4 is 11.3 Å². The summed E-state index contributed by atoms with van der Waals surface area (Å²) in [6.45, 7) is 3.17. The Balaban J connectivity index is 2.14. The van der Waals surface area contributed by atoms with Crippen LogP contribution in [0.3, 0.4) is 0 Å². The van der Waals surface area contributed by atoms with E-state index in [1.54, 1.807) is 0 Å². The van der Waals surface area contributed by atoms with Crippen molar-refractivity contribution in [1.29, 1.82) is 0 Å². The van der Waals surface area contributed by atoms with Crippen molar-refractivity contribution in [2.75, 3.05) is 7.05 Å². The second kappa shape index (κ2) is 5.98. The number of hydrogen-bond acceptors (Lipinski definition) is 3.